The summed E-state index contributed by atoms with van der Waals surface area (Å²) in [6.07, 6.45) is 3.14. The fourth-order valence-corrected chi connectivity index (χ4v) is 2.44. The molecule has 0 unspecified atom stereocenters. The molecule has 0 amide bonds. The third kappa shape index (κ3) is 3.35. The Morgan fingerprint density at radius 2 is 2.00 bits per heavy atom. The van der Waals surface area contributed by atoms with Gasteiger partial charge in [0.25, 0.3) is 0 Å². The Bertz CT molecular complexity index is 359. The highest BCUT2D eigenvalue weighted by molar-refractivity contribution is 5.54. The minimum atomic E-state index is 0.917. The van der Waals surface area contributed by atoms with Crippen molar-refractivity contribution in [3.8, 4) is 0 Å². The normalized spacial score (nSPS) is 16.9. The maximum Gasteiger partial charge on any atom is 0.127 e. The fourth-order valence-electron chi connectivity index (χ4n) is 2.44. The minimum Gasteiger partial charge on any atom is -0.370 e. The van der Waals surface area contributed by atoms with E-state index in [9.17, 15) is 0 Å². The van der Waals surface area contributed by atoms with E-state index in [0.29, 0.717) is 0 Å². The van der Waals surface area contributed by atoms with Crippen LogP contribution in [0.25, 0.3) is 0 Å². The molecule has 0 bridgehead atoms. The molecule has 0 radical (unpaired) electrons. The second kappa shape index (κ2) is 6.59. The van der Waals surface area contributed by atoms with Gasteiger partial charge in [-0.2, -0.15) is 0 Å². The topological polar surface area (TPSA) is 31.4 Å². The van der Waals surface area contributed by atoms with Gasteiger partial charge < -0.3 is 10.2 Å². The molecule has 4 nitrogen and oxygen atoms in total. The van der Waals surface area contributed by atoms with Crippen molar-refractivity contribution >= 4 is 11.5 Å². The summed E-state index contributed by atoms with van der Waals surface area (Å²) in [5, 5.41) is 3.27. The molecule has 0 aromatic carbocycles. The van der Waals surface area contributed by atoms with E-state index in [2.05, 4.69) is 46.1 Å². The molecule has 0 spiro atoms. The average Bonchev–Trinajstić information content (AvgIpc) is 2.41. The van der Waals surface area contributed by atoms with E-state index in [4.69, 9.17) is 0 Å². The van der Waals surface area contributed by atoms with Crippen LogP contribution in [0.5, 0.6) is 0 Å². The smallest absolute Gasteiger partial charge is 0.127 e. The molecule has 1 aromatic rings. The van der Waals surface area contributed by atoms with Crippen molar-refractivity contribution < 1.29 is 0 Å². The number of aromatic nitrogens is 1. The molecule has 1 aromatic heterocycles. The van der Waals surface area contributed by atoms with Gasteiger partial charge in [0, 0.05) is 50.7 Å². The first-order chi connectivity index (χ1) is 8.83. The standard InChI is InChI=1S/C14H24N4/c1-3-7-17-8-10-18(11-9-17)13-5-6-16-14(12-13)15-4-2/h5-6,12H,3-4,7-11H2,1-2H3,(H,15,16). The molecule has 1 saturated heterocycles. The van der Waals surface area contributed by atoms with Crippen molar-refractivity contribution in [3.05, 3.63) is 18.3 Å². The zero-order chi connectivity index (χ0) is 12.8. The van der Waals surface area contributed by atoms with E-state index in [-0.39, 0.29) is 0 Å². The van der Waals surface area contributed by atoms with Gasteiger partial charge in [-0.15, -0.1) is 0 Å². The monoisotopic (exact) mass is 248 g/mol. The number of pyridine rings is 1. The molecule has 0 aliphatic carbocycles. The Morgan fingerprint density at radius 3 is 2.67 bits per heavy atom. The number of rotatable bonds is 5. The van der Waals surface area contributed by atoms with Crippen LogP contribution in [-0.4, -0.2) is 49.2 Å². The van der Waals surface area contributed by atoms with Gasteiger partial charge in [0.1, 0.15) is 5.82 Å². The van der Waals surface area contributed by atoms with E-state index in [0.717, 1.165) is 25.5 Å². The van der Waals surface area contributed by atoms with Crippen LogP contribution >= 0.6 is 0 Å². The number of nitrogens with zero attached hydrogens (tertiary/aromatic N) is 3. The Hall–Kier alpha value is -1.29. The van der Waals surface area contributed by atoms with E-state index in [1.165, 1.54) is 31.7 Å². The van der Waals surface area contributed by atoms with Gasteiger partial charge >= 0.3 is 0 Å². The number of anilines is 2. The molecule has 1 aliphatic rings. The van der Waals surface area contributed by atoms with Crippen molar-refractivity contribution in [2.45, 2.75) is 20.3 Å². The second-order valence-corrected chi connectivity index (χ2v) is 4.76. The maximum atomic E-state index is 4.32. The first kappa shape index (κ1) is 13.1. The molecule has 1 aliphatic heterocycles. The predicted octanol–water partition coefficient (Wildman–Crippen LogP) is 2.05. The average molecular weight is 248 g/mol. The molecule has 1 N–H and O–H groups in total. The van der Waals surface area contributed by atoms with Gasteiger partial charge in [-0.05, 0) is 26.0 Å². The highest BCUT2D eigenvalue weighted by atomic mass is 15.3. The van der Waals surface area contributed by atoms with Crippen LogP contribution in [0.15, 0.2) is 18.3 Å². The quantitative estimate of drug-likeness (QED) is 0.864. The summed E-state index contributed by atoms with van der Waals surface area (Å²) in [4.78, 5) is 9.32. The van der Waals surface area contributed by atoms with Crippen molar-refractivity contribution in [2.75, 3.05) is 49.5 Å². The van der Waals surface area contributed by atoms with Gasteiger partial charge in [-0.3, -0.25) is 4.90 Å². The number of piperazine rings is 1. The number of hydrogen-bond donors (Lipinski definition) is 1. The lowest BCUT2D eigenvalue weighted by Crippen LogP contribution is -2.46. The highest BCUT2D eigenvalue weighted by Gasteiger charge is 2.16. The molecule has 1 fully saturated rings. The number of hydrogen-bond acceptors (Lipinski definition) is 4. The van der Waals surface area contributed by atoms with Gasteiger partial charge in [0.15, 0.2) is 0 Å². The van der Waals surface area contributed by atoms with Crippen molar-refractivity contribution in [1.82, 2.24) is 9.88 Å². The molecule has 2 heterocycles. The molecule has 0 saturated carbocycles. The summed E-state index contributed by atoms with van der Waals surface area (Å²) >= 11 is 0. The zero-order valence-electron chi connectivity index (χ0n) is 11.5. The van der Waals surface area contributed by atoms with Crippen molar-refractivity contribution in [1.29, 1.82) is 0 Å². The van der Waals surface area contributed by atoms with Crippen LogP contribution in [0.4, 0.5) is 11.5 Å². The Kier molecular flexibility index (Phi) is 4.81. The predicted molar refractivity (Wildman–Crippen MR) is 77.3 cm³/mol. The van der Waals surface area contributed by atoms with Crippen LogP contribution in [-0.2, 0) is 0 Å². The van der Waals surface area contributed by atoms with Gasteiger partial charge in [0.2, 0.25) is 0 Å². The highest BCUT2D eigenvalue weighted by Crippen LogP contribution is 2.18. The molecular weight excluding hydrogens is 224 g/mol. The van der Waals surface area contributed by atoms with Crippen molar-refractivity contribution in [2.24, 2.45) is 0 Å². The van der Waals surface area contributed by atoms with Crippen LogP contribution < -0.4 is 10.2 Å². The molecule has 0 atom stereocenters. The van der Waals surface area contributed by atoms with Gasteiger partial charge in [-0.1, -0.05) is 6.92 Å². The van der Waals surface area contributed by atoms with Crippen LogP contribution in [0.3, 0.4) is 0 Å². The van der Waals surface area contributed by atoms with Crippen LogP contribution in [0.2, 0.25) is 0 Å². The molecular formula is C14H24N4. The summed E-state index contributed by atoms with van der Waals surface area (Å²) in [6, 6.07) is 4.26. The SMILES string of the molecule is CCCN1CCN(c2ccnc(NCC)c2)CC1. The first-order valence-corrected chi connectivity index (χ1v) is 7.00. The van der Waals surface area contributed by atoms with Crippen LogP contribution in [0.1, 0.15) is 20.3 Å². The van der Waals surface area contributed by atoms with E-state index in [1.54, 1.807) is 0 Å². The summed E-state index contributed by atoms with van der Waals surface area (Å²) in [7, 11) is 0. The summed E-state index contributed by atoms with van der Waals surface area (Å²) in [5.41, 5.74) is 1.29. The van der Waals surface area contributed by atoms with Gasteiger partial charge in [-0.25, -0.2) is 4.98 Å². The molecule has 4 heteroatoms. The van der Waals surface area contributed by atoms with E-state index >= 15 is 0 Å². The fraction of sp³-hybridized carbons (Fsp3) is 0.643. The Labute approximate surface area is 110 Å². The maximum absolute atomic E-state index is 4.32. The Balaban J connectivity index is 1.94. The molecule has 18 heavy (non-hydrogen) atoms. The largest absolute Gasteiger partial charge is 0.370 e. The summed E-state index contributed by atoms with van der Waals surface area (Å²) in [5.74, 6) is 0.978. The lowest BCUT2D eigenvalue weighted by atomic mass is 10.2. The summed E-state index contributed by atoms with van der Waals surface area (Å²) < 4.78 is 0. The lowest BCUT2D eigenvalue weighted by molar-refractivity contribution is 0.258. The third-order valence-electron chi connectivity index (χ3n) is 3.38. The third-order valence-corrected chi connectivity index (χ3v) is 3.38. The number of nitrogens with one attached hydrogen (secondary N) is 1. The minimum absolute atomic E-state index is 0.917. The first-order valence-electron chi connectivity index (χ1n) is 7.00. The van der Waals surface area contributed by atoms with E-state index < -0.39 is 0 Å². The summed E-state index contributed by atoms with van der Waals surface area (Å²) in [6.45, 7) is 11.1. The second-order valence-electron chi connectivity index (χ2n) is 4.76. The lowest BCUT2D eigenvalue weighted by Gasteiger charge is -2.36. The Morgan fingerprint density at radius 1 is 1.22 bits per heavy atom. The van der Waals surface area contributed by atoms with Crippen molar-refractivity contribution in [3.63, 3.8) is 0 Å². The van der Waals surface area contributed by atoms with Crippen LogP contribution in [0, 0.1) is 0 Å². The van der Waals surface area contributed by atoms with E-state index in [1.807, 2.05) is 6.20 Å². The zero-order valence-corrected chi connectivity index (χ0v) is 11.5. The molecule has 2 rings (SSSR count). The molecule has 100 valence electrons. The van der Waals surface area contributed by atoms with Gasteiger partial charge in [0.05, 0.1) is 0 Å².